The van der Waals surface area contributed by atoms with Gasteiger partial charge in [-0.15, -0.1) is 0 Å². The number of hydrogen-bond acceptors (Lipinski definition) is 3. The Hall–Kier alpha value is -1.62. The number of carbonyl (C=O) groups is 1. The third-order valence-electron chi connectivity index (χ3n) is 2.65. The Balaban J connectivity index is 2.56. The van der Waals surface area contributed by atoms with Gasteiger partial charge in [0.1, 0.15) is 0 Å². The van der Waals surface area contributed by atoms with Gasteiger partial charge in [-0.1, -0.05) is 19.9 Å². The normalized spacial score (nSPS) is 12.3. The number of aliphatic hydroxyl groups is 1. The van der Waals surface area contributed by atoms with Gasteiger partial charge in [-0.2, -0.15) is 0 Å². The van der Waals surface area contributed by atoms with Crippen LogP contribution in [0.1, 0.15) is 31.9 Å². The molecule has 0 heterocycles. The second-order valence-electron chi connectivity index (χ2n) is 4.81. The van der Waals surface area contributed by atoms with E-state index >= 15 is 0 Å². The molecule has 19 heavy (non-hydrogen) atoms. The Morgan fingerprint density at radius 3 is 2.68 bits per heavy atom. The van der Waals surface area contributed by atoms with E-state index < -0.39 is 11.9 Å². The van der Waals surface area contributed by atoms with Crippen molar-refractivity contribution in [2.45, 2.75) is 26.4 Å². The largest absolute Gasteiger partial charge is 0.494 e. The standard InChI is InChI=1S/C14H20FNO3/c1-9(2)6-14(18)16-8-12(17)10-4-5-13(19-3)11(15)7-10/h4-5,7,9,12,17H,6,8H2,1-3H3,(H,16,18). The lowest BCUT2D eigenvalue weighted by atomic mass is 10.1. The zero-order valence-corrected chi connectivity index (χ0v) is 11.4. The Bertz CT molecular complexity index is 435. The van der Waals surface area contributed by atoms with Crippen molar-refractivity contribution in [3.8, 4) is 5.75 Å². The molecule has 2 N–H and O–H groups in total. The van der Waals surface area contributed by atoms with E-state index in [1.54, 1.807) is 6.07 Å². The van der Waals surface area contributed by atoms with Crippen LogP contribution in [0.2, 0.25) is 0 Å². The molecule has 0 bridgehead atoms. The van der Waals surface area contributed by atoms with Crippen LogP contribution in [-0.2, 0) is 4.79 Å². The van der Waals surface area contributed by atoms with E-state index in [0.29, 0.717) is 12.0 Å². The first-order valence-corrected chi connectivity index (χ1v) is 6.22. The number of aliphatic hydroxyl groups excluding tert-OH is 1. The zero-order chi connectivity index (χ0) is 14.4. The van der Waals surface area contributed by atoms with E-state index in [9.17, 15) is 14.3 Å². The fraction of sp³-hybridized carbons (Fsp3) is 0.500. The van der Waals surface area contributed by atoms with Gasteiger partial charge >= 0.3 is 0 Å². The van der Waals surface area contributed by atoms with Crippen molar-refractivity contribution in [2.24, 2.45) is 5.92 Å². The average molecular weight is 269 g/mol. The first-order valence-electron chi connectivity index (χ1n) is 6.22. The predicted octanol–water partition coefficient (Wildman–Crippen LogP) is 2.03. The number of ether oxygens (including phenoxy) is 1. The minimum atomic E-state index is -0.934. The van der Waals surface area contributed by atoms with Gasteiger partial charge in [0.25, 0.3) is 0 Å². The second-order valence-corrected chi connectivity index (χ2v) is 4.81. The molecule has 1 unspecified atom stereocenters. The van der Waals surface area contributed by atoms with Crippen molar-refractivity contribution in [1.29, 1.82) is 0 Å². The summed E-state index contributed by atoms with van der Waals surface area (Å²) in [5.41, 5.74) is 0.406. The van der Waals surface area contributed by atoms with Crippen molar-refractivity contribution < 1.29 is 19.0 Å². The molecule has 4 nitrogen and oxygen atoms in total. The molecule has 0 fully saturated rings. The molecule has 0 aliphatic rings. The number of halogens is 1. The Labute approximate surface area is 112 Å². The maximum atomic E-state index is 13.5. The summed E-state index contributed by atoms with van der Waals surface area (Å²) in [6.07, 6.45) is -0.527. The third kappa shape index (κ3) is 4.87. The fourth-order valence-electron chi connectivity index (χ4n) is 1.66. The Morgan fingerprint density at radius 2 is 2.16 bits per heavy atom. The molecule has 1 atom stereocenters. The molecule has 0 spiro atoms. The first-order chi connectivity index (χ1) is 8.93. The van der Waals surface area contributed by atoms with Crippen molar-refractivity contribution >= 4 is 5.91 Å². The van der Waals surface area contributed by atoms with Crippen LogP contribution in [0.3, 0.4) is 0 Å². The smallest absolute Gasteiger partial charge is 0.220 e. The molecule has 1 aromatic carbocycles. The van der Waals surface area contributed by atoms with Gasteiger partial charge in [0.15, 0.2) is 11.6 Å². The minimum Gasteiger partial charge on any atom is -0.494 e. The van der Waals surface area contributed by atoms with Crippen molar-refractivity contribution in [1.82, 2.24) is 5.32 Å². The quantitative estimate of drug-likeness (QED) is 0.830. The molecule has 0 aliphatic carbocycles. The molecular weight excluding hydrogens is 249 g/mol. The van der Waals surface area contributed by atoms with Gasteiger partial charge < -0.3 is 15.2 Å². The van der Waals surface area contributed by atoms with Crippen molar-refractivity contribution in [2.75, 3.05) is 13.7 Å². The molecule has 0 saturated heterocycles. The van der Waals surface area contributed by atoms with E-state index in [-0.39, 0.29) is 24.1 Å². The topological polar surface area (TPSA) is 58.6 Å². The molecule has 1 aromatic rings. The highest BCUT2D eigenvalue weighted by molar-refractivity contribution is 5.76. The van der Waals surface area contributed by atoms with E-state index in [4.69, 9.17) is 4.74 Å². The molecular formula is C14H20FNO3. The van der Waals surface area contributed by atoms with Crippen LogP contribution in [0.5, 0.6) is 5.75 Å². The number of hydrogen-bond donors (Lipinski definition) is 2. The van der Waals surface area contributed by atoms with Crippen LogP contribution in [0.25, 0.3) is 0 Å². The van der Waals surface area contributed by atoms with Crippen LogP contribution in [0.4, 0.5) is 4.39 Å². The summed E-state index contributed by atoms with van der Waals surface area (Å²) in [5.74, 6) is -0.272. The maximum Gasteiger partial charge on any atom is 0.220 e. The zero-order valence-electron chi connectivity index (χ0n) is 11.4. The highest BCUT2D eigenvalue weighted by atomic mass is 19.1. The number of methoxy groups -OCH3 is 1. The number of nitrogens with one attached hydrogen (secondary N) is 1. The molecule has 106 valence electrons. The fourth-order valence-corrected chi connectivity index (χ4v) is 1.66. The molecule has 0 saturated carbocycles. The maximum absolute atomic E-state index is 13.5. The van der Waals surface area contributed by atoms with Crippen LogP contribution >= 0.6 is 0 Å². The minimum absolute atomic E-state index is 0.0668. The molecule has 1 rings (SSSR count). The van der Waals surface area contributed by atoms with Gasteiger partial charge in [-0.3, -0.25) is 4.79 Å². The number of carbonyl (C=O) groups excluding carboxylic acids is 1. The van der Waals surface area contributed by atoms with E-state index in [0.717, 1.165) is 0 Å². The van der Waals surface area contributed by atoms with Crippen molar-refractivity contribution in [3.05, 3.63) is 29.6 Å². The lowest BCUT2D eigenvalue weighted by Gasteiger charge is -2.14. The summed E-state index contributed by atoms with van der Waals surface area (Å²) >= 11 is 0. The molecule has 5 heteroatoms. The summed E-state index contributed by atoms with van der Waals surface area (Å²) in [4.78, 5) is 11.4. The highest BCUT2D eigenvalue weighted by Gasteiger charge is 2.13. The highest BCUT2D eigenvalue weighted by Crippen LogP contribution is 2.21. The molecule has 0 aliphatic heterocycles. The van der Waals surface area contributed by atoms with Gasteiger partial charge in [-0.25, -0.2) is 4.39 Å². The number of rotatable bonds is 6. The van der Waals surface area contributed by atoms with Crippen LogP contribution in [0.15, 0.2) is 18.2 Å². The molecule has 0 radical (unpaired) electrons. The van der Waals surface area contributed by atoms with Crippen LogP contribution in [-0.4, -0.2) is 24.7 Å². The summed E-state index contributed by atoms with van der Waals surface area (Å²) in [6.45, 7) is 3.95. The van der Waals surface area contributed by atoms with E-state index in [2.05, 4.69) is 5.32 Å². The van der Waals surface area contributed by atoms with Gasteiger partial charge in [0.05, 0.1) is 13.2 Å². The number of benzene rings is 1. The van der Waals surface area contributed by atoms with Gasteiger partial charge in [-0.05, 0) is 23.6 Å². The number of amides is 1. The summed E-state index contributed by atoms with van der Waals surface area (Å²) in [6, 6.07) is 4.23. The molecule has 0 aromatic heterocycles. The van der Waals surface area contributed by atoms with Crippen LogP contribution in [0, 0.1) is 11.7 Å². The monoisotopic (exact) mass is 269 g/mol. The van der Waals surface area contributed by atoms with Gasteiger partial charge in [0, 0.05) is 13.0 Å². The summed E-state index contributed by atoms with van der Waals surface area (Å²) in [7, 11) is 1.38. The summed E-state index contributed by atoms with van der Waals surface area (Å²) in [5, 5.41) is 12.5. The van der Waals surface area contributed by atoms with E-state index in [1.165, 1.54) is 19.2 Å². The average Bonchev–Trinajstić information content (AvgIpc) is 2.35. The Morgan fingerprint density at radius 1 is 1.47 bits per heavy atom. The first kappa shape index (κ1) is 15.4. The lowest BCUT2D eigenvalue weighted by molar-refractivity contribution is -0.122. The van der Waals surface area contributed by atoms with Crippen molar-refractivity contribution in [3.63, 3.8) is 0 Å². The predicted molar refractivity (Wildman–Crippen MR) is 70.4 cm³/mol. The third-order valence-corrected chi connectivity index (χ3v) is 2.65. The summed E-state index contributed by atoms with van der Waals surface area (Å²) < 4.78 is 18.3. The van der Waals surface area contributed by atoms with E-state index in [1.807, 2.05) is 13.8 Å². The SMILES string of the molecule is COc1ccc(C(O)CNC(=O)CC(C)C)cc1F. The van der Waals surface area contributed by atoms with Crippen LogP contribution < -0.4 is 10.1 Å². The Kier molecular flexibility index (Phi) is 5.76. The lowest BCUT2D eigenvalue weighted by Crippen LogP contribution is -2.29. The molecule has 1 amide bonds. The van der Waals surface area contributed by atoms with Gasteiger partial charge in [0.2, 0.25) is 5.91 Å². The second kappa shape index (κ2) is 7.09.